The van der Waals surface area contributed by atoms with Gasteiger partial charge in [0.2, 0.25) is 5.82 Å². The topological polar surface area (TPSA) is 129 Å². The first-order valence-electron chi connectivity index (χ1n) is 13.0. The zero-order valence-corrected chi connectivity index (χ0v) is 21.6. The Morgan fingerprint density at radius 3 is 2.92 bits per heavy atom. The number of fused-ring (bicyclic) bond motifs is 6. The number of carbonyl (C=O) groups is 2. The lowest BCUT2D eigenvalue weighted by Crippen LogP contribution is -2.44. The maximum Gasteiger partial charge on any atom is 0.291 e. The lowest BCUT2D eigenvalue weighted by molar-refractivity contribution is 0.0289. The van der Waals surface area contributed by atoms with Gasteiger partial charge in [-0.2, -0.15) is 0 Å². The van der Waals surface area contributed by atoms with Crippen LogP contribution in [0.5, 0.6) is 5.75 Å². The van der Waals surface area contributed by atoms with Gasteiger partial charge in [0.25, 0.3) is 11.8 Å². The molecule has 12 nitrogen and oxygen atoms in total. The van der Waals surface area contributed by atoms with Gasteiger partial charge in [-0.15, -0.1) is 15.3 Å². The molecular weight excluding hydrogens is 512 g/mol. The number of hydrogen-bond acceptors (Lipinski definition) is 8. The van der Waals surface area contributed by atoms with E-state index in [4.69, 9.17) is 21.1 Å². The Morgan fingerprint density at radius 1 is 1.08 bits per heavy atom. The van der Waals surface area contributed by atoms with Crippen LogP contribution in [-0.4, -0.2) is 78.3 Å². The molecule has 0 radical (unpaired) electrons. The van der Waals surface area contributed by atoms with Crippen LogP contribution in [0.3, 0.4) is 0 Å². The number of benzene rings is 1. The highest BCUT2D eigenvalue weighted by Crippen LogP contribution is 2.27. The summed E-state index contributed by atoms with van der Waals surface area (Å²) in [5, 5.41) is 20.3. The number of hydrogen-bond donors (Lipinski definition) is 1. The second-order valence-electron chi connectivity index (χ2n) is 9.86. The second-order valence-corrected chi connectivity index (χ2v) is 10.3. The second kappa shape index (κ2) is 10.7. The molecule has 2 amide bonds. The van der Waals surface area contributed by atoms with Crippen molar-refractivity contribution in [2.75, 3.05) is 19.7 Å². The van der Waals surface area contributed by atoms with Crippen molar-refractivity contribution in [3.05, 3.63) is 52.3 Å². The summed E-state index contributed by atoms with van der Waals surface area (Å²) in [6.07, 6.45) is 6.02. The zero-order chi connectivity index (χ0) is 26.1. The van der Waals surface area contributed by atoms with Crippen LogP contribution < -0.4 is 10.1 Å². The fourth-order valence-electron chi connectivity index (χ4n) is 5.15. The van der Waals surface area contributed by atoms with Crippen molar-refractivity contribution in [2.45, 2.75) is 63.9 Å². The fourth-order valence-corrected chi connectivity index (χ4v) is 5.33. The Kier molecular flexibility index (Phi) is 6.98. The van der Waals surface area contributed by atoms with E-state index < -0.39 is 12.1 Å². The van der Waals surface area contributed by atoms with E-state index in [0.717, 1.165) is 38.1 Å². The van der Waals surface area contributed by atoms with E-state index in [1.165, 1.54) is 0 Å². The maximum atomic E-state index is 13.6. The van der Waals surface area contributed by atoms with Crippen molar-refractivity contribution < 1.29 is 19.1 Å². The van der Waals surface area contributed by atoms with Crippen LogP contribution >= 0.6 is 11.6 Å². The minimum Gasteiger partial charge on any atom is -0.492 e. The molecule has 38 heavy (non-hydrogen) atoms. The van der Waals surface area contributed by atoms with Gasteiger partial charge in [0.15, 0.2) is 0 Å². The Bertz CT molecular complexity index is 1340. The van der Waals surface area contributed by atoms with Gasteiger partial charge in [-0.25, -0.2) is 0 Å². The average molecular weight is 541 g/mol. The van der Waals surface area contributed by atoms with Crippen LogP contribution in [0.25, 0.3) is 0 Å². The van der Waals surface area contributed by atoms with Gasteiger partial charge >= 0.3 is 0 Å². The highest BCUT2D eigenvalue weighted by Gasteiger charge is 2.39. The summed E-state index contributed by atoms with van der Waals surface area (Å²) in [5.41, 5.74) is 1.09. The van der Waals surface area contributed by atoms with Crippen molar-refractivity contribution in [3.63, 3.8) is 0 Å². The third-order valence-electron chi connectivity index (χ3n) is 7.18. The molecule has 3 aliphatic heterocycles. The monoisotopic (exact) mass is 540 g/mol. The Morgan fingerprint density at radius 2 is 2.00 bits per heavy atom. The van der Waals surface area contributed by atoms with E-state index in [1.54, 1.807) is 27.8 Å². The molecule has 0 spiro atoms. The van der Waals surface area contributed by atoms with Crippen LogP contribution in [-0.2, 0) is 30.9 Å². The maximum absolute atomic E-state index is 13.6. The first-order chi connectivity index (χ1) is 18.5. The summed E-state index contributed by atoms with van der Waals surface area (Å²) >= 11 is 6.30. The molecule has 13 heteroatoms. The highest BCUT2D eigenvalue weighted by molar-refractivity contribution is 6.32. The summed E-state index contributed by atoms with van der Waals surface area (Å²) in [7, 11) is 0. The number of rotatable bonds is 1. The summed E-state index contributed by atoms with van der Waals surface area (Å²) in [6, 6.07) is 4.49. The van der Waals surface area contributed by atoms with Crippen LogP contribution in [0.15, 0.2) is 24.4 Å². The first kappa shape index (κ1) is 24.8. The lowest BCUT2D eigenvalue weighted by atomic mass is 10.1. The molecule has 6 rings (SSSR count). The third-order valence-corrected chi connectivity index (χ3v) is 7.50. The molecule has 1 fully saturated rings. The molecule has 2 atom stereocenters. The Labute approximate surface area is 224 Å². The van der Waals surface area contributed by atoms with Crippen molar-refractivity contribution in [2.24, 2.45) is 0 Å². The summed E-state index contributed by atoms with van der Waals surface area (Å²) in [6.45, 7) is 2.54. The van der Waals surface area contributed by atoms with E-state index in [-0.39, 0.29) is 25.0 Å². The quantitative estimate of drug-likeness (QED) is 0.495. The number of amides is 2. The minimum atomic E-state index is -0.449. The molecule has 3 aliphatic rings. The Hall–Kier alpha value is -3.51. The van der Waals surface area contributed by atoms with Crippen molar-refractivity contribution in [3.8, 4) is 5.75 Å². The molecule has 2 aromatic heterocycles. The fraction of sp³-hybridized carbons (Fsp3) is 0.520. The van der Waals surface area contributed by atoms with Gasteiger partial charge in [-0.3, -0.25) is 14.3 Å². The number of carbonyl (C=O) groups excluding carboxylic acids is 2. The first-order valence-corrected chi connectivity index (χ1v) is 13.4. The van der Waals surface area contributed by atoms with E-state index in [0.29, 0.717) is 54.0 Å². The van der Waals surface area contributed by atoms with Gasteiger partial charge < -0.3 is 24.3 Å². The summed E-state index contributed by atoms with van der Waals surface area (Å²) in [4.78, 5) is 28.5. The number of nitrogens with one attached hydrogen (secondary N) is 1. The standard InChI is InChI=1S/C25H29ClN8O4/c26-18-7-6-16-11-20(18)37-10-4-8-33-12-17(28-31-33)15-38-21-14-32(13-19(21)27-24(16)35)25(36)23-30-29-22-5-2-1-3-9-34(22)23/h6-7,11-12,19,21H,1-5,8-10,13-15H2,(H,27,35)/t19-,21-/m0/s1. The number of aromatic nitrogens is 6. The molecule has 0 aliphatic carbocycles. The van der Waals surface area contributed by atoms with Gasteiger partial charge in [0.1, 0.15) is 17.3 Å². The smallest absolute Gasteiger partial charge is 0.291 e. The molecule has 1 aromatic carbocycles. The van der Waals surface area contributed by atoms with Crippen molar-refractivity contribution >= 4 is 23.4 Å². The molecule has 3 aromatic rings. The van der Waals surface area contributed by atoms with E-state index in [9.17, 15) is 9.59 Å². The average Bonchev–Trinajstić information content (AvgIpc) is 3.60. The van der Waals surface area contributed by atoms with Crippen molar-refractivity contribution in [1.82, 2.24) is 40.0 Å². The van der Waals surface area contributed by atoms with Crippen LogP contribution in [0.2, 0.25) is 5.02 Å². The number of ether oxygens (including phenoxy) is 2. The number of likely N-dealkylation sites (tertiary alicyclic amines) is 1. The molecule has 5 heterocycles. The van der Waals surface area contributed by atoms with Gasteiger partial charge in [-0.1, -0.05) is 23.2 Å². The molecule has 200 valence electrons. The summed E-state index contributed by atoms with van der Waals surface area (Å²) in [5.74, 6) is 1.12. The van der Waals surface area contributed by atoms with Gasteiger partial charge in [0.05, 0.1) is 36.6 Å². The molecule has 0 saturated carbocycles. The van der Waals surface area contributed by atoms with Crippen LogP contribution in [0, 0.1) is 0 Å². The predicted molar refractivity (Wildman–Crippen MR) is 135 cm³/mol. The van der Waals surface area contributed by atoms with Gasteiger partial charge in [0, 0.05) is 44.6 Å². The lowest BCUT2D eigenvalue weighted by Gasteiger charge is -2.20. The molecule has 0 unspecified atom stereocenters. The third kappa shape index (κ3) is 5.10. The number of halogens is 1. The normalized spacial score (nSPS) is 22.1. The molecule has 4 bridgehead atoms. The highest BCUT2D eigenvalue weighted by atomic mass is 35.5. The number of nitrogens with zero attached hydrogens (tertiary/aromatic N) is 7. The van der Waals surface area contributed by atoms with Crippen LogP contribution in [0.1, 0.15) is 58.2 Å². The van der Waals surface area contributed by atoms with E-state index >= 15 is 0 Å². The molecule has 1 N–H and O–H groups in total. The minimum absolute atomic E-state index is 0.209. The zero-order valence-electron chi connectivity index (χ0n) is 20.9. The molecule has 1 saturated heterocycles. The number of aryl methyl sites for hydroxylation is 2. The molecular formula is C25H29ClN8O4. The van der Waals surface area contributed by atoms with E-state index in [2.05, 4.69) is 25.8 Å². The van der Waals surface area contributed by atoms with E-state index in [1.807, 2.05) is 10.8 Å². The Balaban J connectivity index is 1.26. The van der Waals surface area contributed by atoms with Gasteiger partial charge in [-0.05, 0) is 31.0 Å². The van der Waals surface area contributed by atoms with Crippen molar-refractivity contribution in [1.29, 1.82) is 0 Å². The predicted octanol–water partition coefficient (Wildman–Crippen LogP) is 1.87. The SMILES string of the molecule is O=C1N[C@H]2CN(C(=O)c3nnc4n3CCCCC4)C[C@@H]2OCc2cn(nn2)CCCOc2cc1ccc2Cl. The summed E-state index contributed by atoms with van der Waals surface area (Å²) < 4.78 is 15.7. The van der Waals surface area contributed by atoms with Crippen LogP contribution in [0.4, 0.5) is 0 Å². The largest absolute Gasteiger partial charge is 0.492 e.